The maximum atomic E-state index is 12.5. The Morgan fingerprint density at radius 1 is 0.875 bits per heavy atom. The van der Waals surface area contributed by atoms with Crippen LogP contribution >= 0.6 is 11.8 Å². The number of methoxy groups -OCH3 is 2. The van der Waals surface area contributed by atoms with Crippen LogP contribution in [0.25, 0.3) is 0 Å². The van der Waals surface area contributed by atoms with Gasteiger partial charge in [-0.05, 0) is 47.0 Å². The average molecular weight is 588 g/mol. The van der Waals surface area contributed by atoms with E-state index in [0.717, 1.165) is 25.0 Å². The first-order valence-corrected chi connectivity index (χ1v) is 15.3. The number of unbranched alkanes of at least 4 members (excludes halogenated alkanes) is 1. The summed E-state index contributed by atoms with van der Waals surface area (Å²) in [7, 11) is 2.72. The van der Waals surface area contributed by atoms with Gasteiger partial charge in [-0.3, -0.25) is 14.4 Å². The smallest absolute Gasteiger partial charge is 0.315 e. The van der Waals surface area contributed by atoms with E-state index in [1.165, 1.54) is 14.2 Å². The number of rotatable bonds is 19. The van der Waals surface area contributed by atoms with Crippen LogP contribution < -0.4 is 10.6 Å². The number of amides is 2. The predicted molar refractivity (Wildman–Crippen MR) is 153 cm³/mol. The molecular formula is C28H49N3O8S. The van der Waals surface area contributed by atoms with E-state index < -0.39 is 11.2 Å². The lowest BCUT2D eigenvalue weighted by Crippen LogP contribution is -2.37. The average Bonchev–Trinajstić information content (AvgIpc) is 3.44. The van der Waals surface area contributed by atoms with E-state index in [-0.39, 0.29) is 48.9 Å². The van der Waals surface area contributed by atoms with Crippen molar-refractivity contribution in [2.45, 2.75) is 108 Å². The van der Waals surface area contributed by atoms with E-state index in [9.17, 15) is 19.2 Å². The molecule has 2 aliphatic heterocycles. The standard InChI is InChI=1S/C28H49N3O8S/c1-27(2,13-17-31(15-11-22(32)36-5)16-12-23(33)37-6)38-18-14-28(3,4)39-24(34)10-8-7-9-21-25-20(19-40-21)29-26(35)30-25/h20-21,25H,7-19H2,1-6H3,(H2,29,30,35). The lowest BCUT2D eigenvalue weighted by Gasteiger charge is -2.31. The van der Waals surface area contributed by atoms with Gasteiger partial charge in [0.25, 0.3) is 0 Å². The highest BCUT2D eigenvalue weighted by Gasteiger charge is 2.42. The first-order chi connectivity index (χ1) is 18.8. The van der Waals surface area contributed by atoms with Crippen molar-refractivity contribution in [2.75, 3.05) is 46.2 Å². The fourth-order valence-electron chi connectivity index (χ4n) is 4.78. The first-order valence-electron chi connectivity index (χ1n) is 14.2. The van der Waals surface area contributed by atoms with Crippen molar-refractivity contribution in [3.05, 3.63) is 0 Å². The van der Waals surface area contributed by atoms with E-state index in [1.807, 2.05) is 44.4 Å². The van der Waals surface area contributed by atoms with Crippen molar-refractivity contribution in [1.29, 1.82) is 0 Å². The molecule has 2 fully saturated rings. The predicted octanol–water partition coefficient (Wildman–Crippen LogP) is 3.04. The molecule has 0 spiro atoms. The third-order valence-corrected chi connectivity index (χ3v) is 8.90. The summed E-state index contributed by atoms with van der Waals surface area (Å²) in [4.78, 5) is 49.2. The molecule has 11 nitrogen and oxygen atoms in total. The fourth-order valence-corrected chi connectivity index (χ4v) is 6.32. The summed E-state index contributed by atoms with van der Waals surface area (Å²) in [5.74, 6) is 0.145. The maximum Gasteiger partial charge on any atom is 0.315 e. The van der Waals surface area contributed by atoms with Crippen LogP contribution in [-0.2, 0) is 33.3 Å². The molecule has 3 atom stereocenters. The number of esters is 3. The molecule has 230 valence electrons. The molecule has 2 N–H and O–H groups in total. The molecule has 0 aromatic carbocycles. The van der Waals surface area contributed by atoms with Gasteiger partial charge in [-0.1, -0.05) is 6.42 Å². The van der Waals surface area contributed by atoms with Crippen LogP contribution in [0.4, 0.5) is 4.79 Å². The monoisotopic (exact) mass is 587 g/mol. The van der Waals surface area contributed by atoms with E-state index in [4.69, 9.17) is 18.9 Å². The quantitative estimate of drug-likeness (QED) is 0.101. The van der Waals surface area contributed by atoms with Crippen LogP contribution in [0.5, 0.6) is 0 Å². The molecule has 0 saturated carbocycles. The minimum absolute atomic E-state index is 0.0771. The lowest BCUT2D eigenvalue weighted by atomic mass is 10.0. The van der Waals surface area contributed by atoms with Crippen LogP contribution in [0.3, 0.4) is 0 Å². The van der Waals surface area contributed by atoms with Crippen molar-refractivity contribution in [3.8, 4) is 0 Å². The van der Waals surface area contributed by atoms with E-state index in [1.54, 1.807) is 0 Å². The molecule has 40 heavy (non-hydrogen) atoms. The summed E-state index contributed by atoms with van der Waals surface area (Å²) in [5.41, 5.74) is -1.09. The number of nitrogens with zero attached hydrogens (tertiary/aromatic N) is 1. The van der Waals surface area contributed by atoms with Crippen LogP contribution in [0.1, 0.15) is 79.1 Å². The number of hydrogen-bond donors (Lipinski definition) is 2. The van der Waals surface area contributed by atoms with Gasteiger partial charge >= 0.3 is 23.9 Å². The highest BCUT2D eigenvalue weighted by atomic mass is 32.2. The van der Waals surface area contributed by atoms with Crippen molar-refractivity contribution >= 4 is 35.7 Å². The number of carbonyl (C=O) groups excluding carboxylic acids is 4. The molecule has 2 rings (SSSR count). The van der Waals surface area contributed by atoms with E-state index in [0.29, 0.717) is 50.8 Å². The Bertz CT molecular complexity index is 833. The SMILES string of the molecule is COC(=O)CCN(CCC(=O)OC)CCC(C)(C)OCCC(C)(C)OC(=O)CCCCC1SCC2NC(=O)NC21. The van der Waals surface area contributed by atoms with E-state index in [2.05, 4.69) is 10.6 Å². The second-order valence-electron chi connectivity index (χ2n) is 11.7. The maximum absolute atomic E-state index is 12.5. The number of carbonyl (C=O) groups is 4. The molecule has 0 bridgehead atoms. The molecule has 2 saturated heterocycles. The number of urea groups is 1. The number of nitrogens with one attached hydrogen (secondary N) is 2. The van der Waals surface area contributed by atoms with E-state index >= 15 is 0 Å². The number of ether oxygens (including phenoxy) is 4. The zero-order valence-corrected chi connectivity index (χ0v) is 25.9. The second-order valence-corrected chi connectivity index (χ2v) is 13.0. The first kappa shape index (κ1) is 34.2. The zero-order chi connectivity index (χ0) is 29.8. The van der Waals surface area contributed by atoms with Crippen molar-refractivity contribution < 1.29 is 38.1 Å². The minimum atomic E-state index is -0.644. The summed E-state index contributed by atoms with van der Waals surface area (Å²) in [6.45, 7) is 9.84. The zero-order valence-electron chi connectivity index (χ0n) is 25.0. The van der Waals surface area contributed by atoms with Gasteiger partial charge < -0.3 is 34.5 Å². The Kier molecular flexibility index (Phi) is 14.0. The van der Waals surface area contributed by atoms with Gasteiger partial charge in [-0.25, -0.2) is 4.79 Å². The Labute approximate surface area is 243 Å². The minimum Gasteiger partial charge on any atom is -0.469 e. The Morgan fingerprint density at radius 3 is 2.15 bits per heavy atom. The third-order valence-electron chi connectivity index (χ3n) is 7.39. The van der Waals surface area contributed by atoms with Gasteiger partial charge in [-0.15, -0.1) is 0 Å². The van der Waals surface area contributed by atoms with Crippen LogP contribution in [-0.4, -0.2) is 104 Å². The summed E-state index contributed by atoms with van der Waals surface area (Å²) in [6.07, 6.45) is 4.76. The Morgan fingerprint density at radius 2 is 1.52 bits per heavy atom. The summed E-state index contributed by atoms with van der Waals surface area (Å²) in [6, 6.07) is 0.333. The molecule has 0 aromatic heterocycles. The van der Waals surface area contributed by atoms with Crippen LogP contribution in [0, 0.1) is 0 Å². The fraction of sp³-hybridized carbons (Fsp3) is 0.857. The molecule has 0 radical (unpaired) electrons. The summed E-state index contributed by atoms with van der Waals surface area (Å²) < 4.78 is 21.4. The molecule has 0 aromatic rings. The molecule has 3 unspecified atom stereocenters. The largest absolute Gasteiger partial charge is 0.469 e. The molecule has 2 aliphatic rings. The topological polar surface area (TPSA) is 132 Å². The summed E-state index contributed by atoms with van der Waals surface area (Å²) >= 11 is 1.88. The van der Waals surface area contributed by atoms with Gasteiger partial charge in [0.1, 0.15) is 5.60 Å². The van der Waals surface area contributed by atoms with Crippen molar-refractivity contribution in [3.63, 3.8) is 0 Å². The molecular weight excluding hydrogens is 538 g/mol. The second kappa shape index (κ2) is 16.4. The number of hydrogen-bond acceptors (Lipinski definition) is 10. The Hall–Kier alpha value is -2.05. The van der Waals surface area contributed by atoms with Gasteiger partial charge in [-0.2, -0.15) is 11.8 Å². The lowest BCUT2D eigenvalue weighted by molar-refractivity contribution is -0.159. The van der Waals surface area contributed by atoms with Gasteiger partial charge in [0.05, 0.1) is 51.4 Å². The highest BCUT2D eigenvalue weighted by Crippen LogP contribution is 2.33. The molecule has 2 heterocycles. The van der Waals surface area contributed by atoms with Crippen molar-refractivity contribution in [2.24, 2.45) is 0 Å². The van der Waals surface area contributed by atoms with Crippen molar-refractivity contribution in [1.82, 2.24) is 15.5 Å². The van der Waals surface area contributed by atoms with Gasteiger partial charge in [0, 0.05) is 43.5 Å². The molecule has 12 heteroatoms. The van der Waals surface area contributed by atoms with Gasteiger partial charge in [0.2, 0.25) is 0 Å². The highest BCUT2D eigenvalue weighted by molar-refractivity contribution is 8.00. The van der Waals surface area contributed by atoms with Gasteiger partial charge in [0.15, 0.2) is 0 Å². The summed E-state index contributed by atoms with van der Waals surface area (Å²) in [5, 5.41) is 6.35. The van der Waals surface area contributed by atoms with Crippen LogP contribution in [0.15, 0.2) is 0 Å². The molecule has 2 amide bonds. The number of fused-ring (bicyclic) bond motifs is 1. The van der Waals surface area contributed by atoms with Crippen LogP contribution in [0.2, 0.25) is 0 Å². The Balaban J connectivity index is 1.65. The molecule has 0 aliphatic carbocycles. The number of thioether (sulfide) groups is 1. The third kappa shape index (κ3) is 12.6. The normalized spacial score (nSPS) is 20.6.